The van der Waals surface area contributed by atoms with Gasteiger partial charge >= 0.3 is 12.2 Å². The fraction of sp³-hybridized carbons (Fsp3) is 0.222. The number of nitrogens with one attached hydrogen (secondary N) is 1. The van der Waals surface area contributed by atoms with Gasteiger partial charge in [0.2, 0.25) is 11.1 Å². The molecule has 49 heavy (non-hydrogen) atoms. The zero-order valence-corrected chi connectivity index (χ0v) is 26.7. The minimum atomic E-state index is -1.07. The van der Waals surface area contributed by atoms with Crippen LogP contribution in [0.1, 0.15) is 22.3 Å². The van der Waals surface area contributed by atoms with Crippen LogP contribution in [-0.2, 0) is 44.7 Å². The van der Waals surface area contributed by atoms with Crippen LogP contribution in [0.5, 0.6) is 0 Å². The van der Waals surface area contributed by atoms with E-state index in [0.717, 1.165) is 29.0 Å². The monoisotopic (exact) mass is 698 g/mol. The van der Waals surface area contributed by atoms with E-state index in [1.54, 1.807) is 0 Å². The van der Waals surface area contributed by atoms with Gasteiger partial charge in [-0.05, 0) is 53.3 Å². The third-order valence-corrected chi connectivity index (χ3v) is 7.47. The third kappa shape index (κ3) is 10.9. The first kappa shape index (κ1) is 36.6. The molecule has 0 bridgehead atoms. The van der Waals surface area contributed by atoms with E-state index in [1.165, 1.54) is 29.8 Å². The van der Waals surface area contributed by atoms with Crippen LogP contribution in [0.25, 0.3) is 0 Å². The highest BCUT2D eigenvalue weighted by Crippen LogP contribution is 2.20. The van der Waals surface area contributed by atoms with Crippen LogP contribution in [0.15, 0.2) is 97.1 Å². The molecule has 13 heteroatoms. The maximum absolute atomic E-state index is 13.7. The van der Waals surface area contributed by atoms with E-state index >= 15 is 0 Å². The number of alkyl carbamates (subject to hydrolysis) is 1. The molecule has 3 amide bonds. The smallest absolute Gasteiger partial charge is 0.416 e. The molecule has 0 unspecified atom stereocenters. The number of carbonyl (C=O) groups excluding carboxylic acids is 4. The van der Waals surface area contributed by atoms with E-state index in [1.807, 2.05) is 60.7 Å². The summed E-state index contributed by atoms with van der Waals surface area (Å²) in [6.07, 6.45) is -0.454. The second-order valence-electron chi connectivity index (χ2n) is 10.9. The summed E-state index contributed by atoms with van der Waals surface area (Å²) in [5.74, 6) is -4.68. The summed E-state index contributed by atoms with van der Waals surface area (Å²) in [6.45, 7) is 0.568. The molecular formula is C36H31ClF4N2O6. The van der Waals surface area contributed by atoms with Crippen molar-refractivity contribution >= 4 is 34.9 Å². The maximum atomic E-state index is 13.7. The Hall–Kier alpha value is -5.23. The first-order valence-corrected chi connectivity index (χ1v) is 15.4. The number of hydrogen-bond donors (Lipinski definition) is 1. The number of rotatable bonds is 8. The van der Waals surface area contributed by atoms with Crippen molar-refractivity contribution in [3.05, 3.63) is 143 Å². The predicted molar refractivity (Wildman–Crippen MR) is 172 cm³/mol. The lowest BCUT2D eigenvalue weighted by Gasteiger charge is -2.20. The zero-order valence-electron chi connectivity index (χ0n) is 25.9. The van der Waals surface area contributed by atoms with Crippen molar-refractivity contribution in [3.63, 3.8) is 0 Å². The van der Waals surface area contributed by atoms with Gasteiger partial charge in [-0.3, -0.25) is 9.59 Å². The number of amides is 3. The SMILES string of the molecule is O=C(Cc1cccc(F)c1F)N1C(=O)OC[C@@H]1Cc1ccccc1.O=C(Cl)Cc1cccc(F)c1F.O=C1N[C@@H](Cc2ccccc2)CO1. The third-order valence-electron chi connectivity index (χ3n) is 7.34. The Labute approximate surface area is 284 Å². The van der Waals surface area contributed by atoms with Crippen LogP contribution in [0.3, 0.4) is 0 Å². The van der Waals surface area contributed by atoms with Gasteiger partial charge in [0.15, 0.2) is 23.3 Å². The second kappa shape index (κ2) is 17.8. The molecule has 2 aliphatic rings. The van der Waals surface area contributed by atoms with Gasteiger partial charge in [-0.2, -0.15) is 0 Å². The van der Waals surface area contributed by atoms with Crippen LogP contribution < -0.4 is 5.32 Å². The number of halogens is 5. The second-order valence-corrected chi connectivity index (χ2v) is 11.4. The Balaban J connectivity index is 0.000000182. The summed E-state index contributed by atoms with van der Waals surface area (Å²) in [5.41, 5.74) is 2.07. The summed E-state index contributed by atoms with van der Waals surface area (Å²) >= 11 is 5.01. The number of cyclic esters (lactones) is 2. The Morgan fingerprint density at radius 2 is 1.22 bits per heavy atom. The lowest BCUT2D eigenvalue weighted by Crippen LogP contribution is -2.41. The Bertz CT molecular complexity index is 1760. The topological polar surface area (TPSA) is 102 Å². The molecule has 2 atom stereocenters. The van der Waals surface area contributed by atoms with E-state index in [4.69, 9.17) is 21.1 Å². The first-order valence-electron chi connectivity index (χ1n) is 15.1. The highest BCUT2D eigenvalue weighted by Gasteiger charge is 2.38. The van der Waals surface area contributed by atoms with E-state index in [9.17, 15) is 36.7 Å². The van der Waals surface area contributed by atoms with Gasteiger partial charge in [0.25, 0.3) is 0 Å². The fourth-order valence-corrected chi connectivity index (χ4v) is 5.15. The molecule has 256 valence electrons. The largest absolute Gasteiger partial charge is 0.447 e. The maximum Gasteiger partial charge on any atom is 0.416 e. The number of carbonyl (C=O) groups is 4. The molecular weight excluding hydrogens is 668 g/mol. The normalized spacial score (nSPS) is 16.3. The van der Waals surface area contributed by atoms with Gasteiger partial charge in [0.05, 0.1) is 18.5 Å². The molecule has 0 saturated carbocycles. The van der Waals surface area contributed by atoms with Crippen LogP contribution >= 0.6 is 11.6 Å². The van der Waals surface area contributed by atoms with Crippen molar-refractivity contribution in [1.82, 2.24) is 10.2 Å². The summed E-state index contributed by atoms with van der Waals surface area (Å²) in [7, 11) is 0. The summed E-state index contributed by atoms with van der Waals surface area (Å²) in [5, 5.41) is 2.03. The molecule has 2 saturated heterocycles. The molecule has 2 fully saturated rings. The van der Waals surface area contributed by atoms with Crippen LogP contribution in [0.4, 0.5) is 27.2 Å². The average molecular weight is 699 g/mol. The minimum Gasteiger partial charge on any atom is -0.447 e. The molecule has 4 aromatic carbocycles. The van der Waals surface area contributed by atoms with Gasteiger partial charge in [-0.25, -0.2) is 32.1 Å². The van der Waals surface area contributed by atoms with Crippen molar-refractivity contribution in [3.8, 4) is 0 Å². The van der Waals surface area contributed by atoms with Gasteiger partial charge in [-0.15, -0.1) is 0 Å². The molecule has 0 aromatic heterocycles. The molecule has 6 rings (SSSR count). The zero-order chi connectivity index (χ0) is 35.3. The van der Waals surface area contributed by atoms with Crippen LogP contribution in [0, 0.1) is 23.3 Å². The van der Waals surface area contributed by atoms with E-state index in [-0.39, 0.29) is 36.3 Å². The van der Waals surface area contributed by atoms with Crippen molar-refractivity contribution in [2.24, 2.45) is 0 Å². The quantitative estimate of drug-likeness (QED) is 0.162. The van der Waals surface area contributed by atoms with Crippen molar-refractivity contribution in [2.75, 3.05) is 13.2 Å². The average Bonchev–Trinajstić information content (AvgIpc) is 3.66. The summed E-state index contributed by atoms with van der Waals surface area (Å²) < 4.78 is 62.0. The first-order chi connectivity index (χ1) is 23.5. The van der Waals surface area contributed by atoms with Gasteiger partial charge in [0, 0.05) is 12.0 Å². The number of imide groups is 1. The molecule has 0 radical (unpaired) electrons. The molecule has 2 heterocycles. The summed E-state index contributed by atoms with van der Waals surface area (Å²) in [4.78, 5) is 46.4. The number of ether oxygens (including phenoxy) is 2. The Kier molecular flexibility index (Phi) is 13.3. The predicted octanol–water partition coefficient (Wildman–Crippen LogP) is 6.71. The standard InChI is InChI=1S/C18H15F2NO3.C10H11NO2.C8H5ClF2O/c19-15-8-4-7-13(17(15)20)10-16(22)21-14(11-24-18(21)23)9-12-5-2-1-3-6-12;12-10-11-9(7-13-10)6-8-4-2-1-3-5-8;9-7(12)4-5-2-1-3-6(10)8(5)11/h1-8,14H,9-11H2;1-5,9H,6-7H2,(H,11,12);1-3H,4H2/t14-;9-;/m00./s1. The molecule has 8 nitrogen and oxygen atoms in total. The number of hydrogen-bond acceptors (Lipinski definition) is 6. The van der Waals surface area contributed by atoms with Crippen molar-refractivity contribution < 1.29 is 46.2 Å². The Morgan fingerprint density at radius 3 is 1.73 bits per heavy atom. The molecule has 2 aliphatic heterocycles. The van der Waals surface area contributed by atoms with Crippen molar-refractivity contribution in [1.29, 1.82) is 0 Å². The lowest BCUT2D eigenvalue weighted by molar-refractivity contribution is -0.128. The van der Waals surface area contributed by atoms with Gasteiger partial charge < -0.3 is 14.8 Å². The lowest BCUT2D eigenvalue weighted by atomic mass is 10.0. The molecule has 0 aliphatic carbocycles. The van der Waals surface area contributed by atoms with Crippen LogP contribution in [0.2, 0.25) is 0 Å². The fourth-order valence-electron chi connectivity index (χ4n) is 5.01. The highest BCUT2D eigenvalue weighted by molar-refractivity contribution is 6.63. The molecule has 0 spiro atoms. The van der Waals surface area contributed by atoms with E-state index in [2.05, 4.69) is 5.32 Å². The molecule has 1 N–H and O–H groups in total. The Morgan fingerprint density at radius 1 is 0.694 bits per heavy atom. The van der Waals surface area contributed by atoms with Gasteiger partial charge in [-0.1, -0.05) is 84.9 Å². The summed E-state index contributed by atoms with van der Waals surface area (Å²) in [6, 6.07) is 26.4. The minimum absolute atomic E-state index is 0.0185. The van der Waals surface area contributed by atoms with Crippen molar-refractivity contribution in [2.45, 2.75) is 37.8 Å². The van der Waals surface area contributed by atoms with Crippen LogP contribution in [-0.4, -0.2) is 53.5 Å². The van der Waals surface area contributed by atoms with E-state index < -0.39 is 53.0 Å². The van der Waals surface area contributed by atoms with Gasteiger partial charge in [0.1, 0.15) is 13.2 Å². The molecule has 4 aromatic rings. The number of benzene rings is 4. The highest BCUT2D eigenvalue weighted by atomic mass is 35.5. The number of nitrogens with zero attached hydrogens (tertiary/aromatic N) is 1. The van der Waals surface area contributed by atoms with E-state index in [0.29, 0.717) is 13.0 Å².